The number of hydrogen-bond donors (Lipinski definition) is 3. The van der Waals surface area contributed by atoms with Crippen LogP contribution in [0.25, 0.3) is 22.3 Å². The zero-order valence-electron chi connectivity index (χ0n) is 15.5. The lowest BCUT2D eigenvalue weighted by molar-refractivity contribution is -0.0136. The normalized spacial score (nSPS) is 20.1. The van der Waals surface area contributed by atoms with E-state index >= 15 is 0 Å². The summed E-state index contributed by atoms with van der Waals surface area (Å²) in [5.41, 5.74) is 2.83. The molecule has 1 aliphatic heterocycles. The van der Waals surface area contributed by atoms with E-state index in [-0.39, 0.29) is 18.6 Å². The maximum absolute atomic E-state index is 14.6. The Bertz CT molecular complexity index is 1010. The molecule has 4 rings (SSSR count). The Morgan fingerprint density at radius 3 is 2.96 bits per heavy atom. The van der Waals surface area contributed by atoms with E-state index in [4.69, 9.17) is 16.3 Å². The van der Waals surface area contributed by atoms with Gasteiger partial charge in [-0.05, 0) is 24.0 Å². The summed E-state index contributed by atoms with van der Waals surface area (Å²) in [6.45, 7) is 4.85. The summed E-state index contributed by atoms with van der Waals surface area (Å²) >= 11 is 6.39. The molecule has 28 heavy (non-hydrogen) atoms. The lowest BCUT2D eigenvalue weighted by atomic mass is 9.93. The minimum absolute atomic E-state index is 0.0818. The van der Waals surface area contributed by atoms with Crippen LogP contribution in [0, 0.1) is 5.82 Å². The molecule has 7 nitrogen and oxygen atoms in total. The summed E-state index contributed by atoms with van der Waals surface area (Å²) in [5.74, 6) is -0.0387. The van der Waals surface area contributed by atoms with E-state index in [0.717, 1.165) is 5.56 Å². The number of nitrogens with one attached hydrogen (secondary N) is 2. The van der Waals surface area contributed by atoms with Gasteiger partial charge in [0.15, 0.2) is 5.82 Å². The molecule has 0 unspecified atom stereocenters. The van der Waals surface area contributed by atoms with Crippen molar-refractivity contribution in [3.63, 3.8) is 0 Å². The second-order valence-electron chi connectivity index (χ2n) is 7.17. The molecule has 1 aromatic carbocycles. The van der Waals surface area contributed by atoms with Crippen molar-refractivity contribution in [2.45, 2.75) is 38.3 Å². The van der Waals surface area contributed by atoms with Crippen LogP contribution in [-0.4, -0.2) is 50.4 Å². The van der Waals surface area contributed by atoms with E-state index in [2.05, 4.69) is 25.3 Å². The highest BCUT2D eigenvalue weighted by Gasteiger charge is 2.25. The lowest BCUT2D eigenvalue weighted by Gasteiger charge is -2.28. The fraction of sp³-hybridized carbons (Fsp3) is 0.421. The number of ether oxygens (including phenoxy) is 1. The molecule has 0 radical (unpaired) electrons. The van der Waals surface area contributed by atoms with Crippen molar-refractivity contribution in [2.75, 3.05) is 18.5 Å². The third kappa shape index (κ3) is 3.43. The first-order valence-electron chi connectivity index (χ1n) is 9.16. The molecular formula is C19H21ClFN5O2. The molecule has 0 amide bonds. The number of fused-ring (bicyclic) bond motifs is 1. The Balaban J connectivity index is 1.80. The number of aliphatic hydroxyl groups excluding tert-OH is 1. The van der Waals surface area contributed by atoms with Crippen molar-refractivity contribution in [3.05, 3.63) is 35.0 Å². The predicted octanol–water partition coefficient (Wildman–Crippen LogP) is 3.50. The van der Waals surface area contributed by atoms with Crippen molar-refractivity contribution in [3.8, 4) is 11.3 Å². The van der Waals surface area contributed by atoms with Crippen molar-refractivity contribution in [2.24, 2.45) is 0 Å². The first-order valence-corrected chi connectivity index (χ1v) is 9.54. The molecule has 3 heterocycles. The zero-order chi connectivity index (χ0) is 19.8. The van der Waals surface area contributed by atoms with Gasteiger partial charge in [0.2, 0.25) is 5.95 Å². The molecule has 0 bridgehead atoms. The summed E-state index contributed by atoms with van der Waals surface area (Å²) in [6.07, 6.45) is 2.94. The summed E-state index contributed by atoms with van der Waals surface area (Å²) in [7, 11) is 0. The Morgan fingerprint density at radius 1 is 1.39 bits per heavy atom. The number of aromatic nitrogens is 4. The fourth-order valence-corrected chi connectivity index (χ4v) is 3.76. The first-order chi connectivity index (χ1) is 13.5. The number of aromatic amines is 1. The minimum Gasteiger partial charge on any atom is -0.389 e. The maximum atomic E-state index is 14.6. The number of hydrogen-bond acceptors (Lipinski definition) is 6. The third-order valence-electron chi connectivity index (χ3n) is 4.91. The van der Waals surface area contributed by atoms with Gasteiger partial charge in [-0.15, -0.1) is 0 Å². The first kappa shape index (κ1) is 19.0. The van der Waals surface area contributed by atoms with Gasteiger partial charge in [-0.2, -0.15) is 0 Å². The highest BCUT2D eigenvalue weighted by Crippen LogP contribution is 2.37. The van der Waals surface area contributed by atoms with Gasteiger partial charge in [-0.1, -0.05) is 25.4 Å². The number of anilines is 1. The number of benzene rings is 1. The van der Waals surface area contributed by atoms with Crippen LogP contribution in [0.5, 0.6) is 0 Å². The van der Waals surface area contributed by atoms with Crippen molar-refractivity contribution < 1.29 is 14.2 Å². The SMILES string of the molecule is CC(C)c1c(-c2nc(N[C@@H]3CCOC[C@H]3O)ncc2Cl)cc(F)c2nc[nH]c12. The molecule has 0 aliphatic carbocycles. The molecular weight excluding hydrogens is 385 g/mol. The van der Waals surface area contributed by atoms with E-state index in [0.29, 0.717) is 46.3 Å². The van der Waals surface area contributed by atoms with Gasteiger partial charge in [-0.25, -0.2) is 19.3 Å². The average molecular weight is 406 g/mol. The molecule has 1 fully saturated rings. The van der Waals surface area contributed by atoms with Crippen LogP contribution in [0.3, 0.4) is 0 Å². The summed E-state index contributed by atoms with van der Waals surface area (Å²) in [5, 5.41) is 13.5. The molecule has 1 saturated heterocycles. The molecule has 9 heteroatoms. The maximum Gasteiger partial charge on any atom is 0.223 e. The van der Waals surface area contributed by atoms with Crippen LogP contribution in [-0.2, 0) is 4.74 Å². The van der Waals surface area contributed by atoms with Gasteiger partial charge in [0, 0.05) is 12.2 Å². The van der Waals surface area contributed by atoms with E-state index in [9.17, 15) is 9.50 Å². The number of aliphatic hydroxyl groups is 1. The van der Waals surface area contributed by atoms with E-state index in [1.165, 1.54) is 18.6 Å². The largest absolute Gasteiger partial charge is 0.389 e. The zero-order valence-corrected chi connectivity index (χ0v) is 16.3. The minimum atomic E-state index is -0.651. The Kier molecular flexibility index (Phi) is 5.18. The molecule has 2 aromatic heterocycles. The number of halogens is 2. The Morgan fingerprint density at radius 2 is 2.21 bits per heavy atom. The molecule has 0 spiro atoms. The van der Waals surface area contributed by atoms with Gasteiger partial charge in [0.05, 0.1) is 47.5 Å². The highest BCUT2D eigenvalue weighted by atomic mass is 35.5. The lowest BCUT2D eigenvalue weighted by Crippen LogP contribution is -2.42. The van der Waals surface area contributed by atoms with E-state index in [1.807, 2.05) is 13.8 Å². The van der Waals surface area contributed by atoms with Gasteiger partial charge < -0.3 is 20.1 Å². The van der Waals surface area contributed by atoms with Crippen LogP contribution >= 0.6 is 11.6 Å². The smallest absolute Gasteiger partial charge is 0.223 e. The second kappa shape index (κ2) is 7.62. The quantitative estimate of drug-likeness (QED) is 0.614. The van der Waals surface area contributed by atoms with Crippen molar-refractivity contribution in [1.29, 1.82) is 0 Å². The molecule has 3 N–H and O–H groups in total. The number of rotatable bonds is 4. The second-order valence-corrected chi connectivity index (χ2v) is 7.58. The van der Waals surface area contributed by atoms with Crippen LogP contribution < -0.4 is 5.32 Å². The van der Waals surface area contributed by atoms with Gasteiger partial charge in [0.1, 0.15) is 5.52 Å². The van der Waals surface area contributed by atoms with Gasteiger partial charge >= 0.3 is 0 Å². The number of H-pyrrole nitrogens is 1. The van der Waals surface area contributed by atoms with Crippen LogP contribution in [0.1, 0.15) is 31.7 Å². The number of imidazole rings is 1. The molecule has 3 aromatic rings. The summed E-state index contributed by atoms with van der Waals surface area (Å²) in [4.78, 5) is 15.9. The predicted molar refractivity (Wildman–Crippen MR) is 105 cm³/mol. The monoisotopic (exact) mass is 405 g/mol. The van der Waals surface area contributed by atoms with Crippen LogP contribution in [0.4, 0.5) is 10.3 Å². The molecule has 2 atom stereocenters. The van der Waals surface area contributed by atoms with Crippen LogP contribution in [0.2, 0.25) is 5.02 Å². The van der Waals surface area contributed by atoms with Gasteiger partial charge in [0.25, 0.3) is 0 Å². The highest BCUT2D eigenvalue weighted by molar-refractivity contribution is 6.33. The fourth-order valence-electron chi connectivity index (χ4n) is 3.57. The Labute approximate surface area is 166 Å². The van der Waals surface area contributed by atoms with Crippen LogP contribution in [0.15, 0.2) is 18.6 Å². The summed E-state index contributed by atoms with van der Waals surface area (Å²) in [6, 6.07) is 1.19. The molecule has 0 saturated carbocycles. The van der Waals surface area contributed by atoms with Gasteiger partial charge in [-0.3, -0.25) is 0 Å². The number of nitrogens with zero attached hydrogens (tertiary/aromatic N) is 3. The molecule has 1 aliphatic rings. The standard InChI is InChI=1S/C19H21ClFN5O2/c1-9(2)15-10(5-12(21)17-18(15)24-8-23-17)16-11(20)6-22-19(26-16)25-13-3-4-28-7-14(13)27/h5-6,8-9,13-14,27H,3-4,7H2,1-2H3,(H,23,24)(H,22,25,26)/t13-,14-/m1/s1. The average Bonchev–Trinajstić information content (AvgIpc) is 3.15. The van der Waals surface area contributed by atoms with E-state index in [1.54, 1.807) is 0 Å². The Hall–Kier alpha value is -2.29. The van der Waals surface area contributed by atoms with E-state index < -0.39 is 11.9 Å². The van der Waals surface area contributed by atoms with Crippen molar-refractivity contribution >= 4 is 28.6 Å². The molecule has 148 valence electrons. The van der Waals surface area contributed by atoms with Crippen molar-refractivity contribution in [1.82, 2.24) is 19.9 Å². The summed E-state index contributed by atoms with van der Waals surface area (Å²) < 4.78 is 19.9. The topological polar surface area (TPSA) is 96.0 Å². The third-order valence-corrected chi connectivity index (χ3v) is 5.19.